The van der Waals surface area contributed by atoms with Crippen molar-refractivity contribution in [2.75, 3.05) is 32.8 Å². The zero-order valence-electron chi connectivity index (χ0n) is 18.6. The molecule has 0 aliphatic carbocycles. The summed E-state index contributed by atoms with van der Waals surface area (Å²) in [7, 11) is 0. The third-order valence-corrected chi connectivity index (χ3v) is 6.64. The molecule has 0 saturated carbocycles. The van der Waals surface area contributed by atoms with Gasteiger partial charge in [0.1, 0.15) is 5.82 Å². The Hall–Kier alpha value is -3.70. The van der Waals surface area contributed by atoms with E-state index in [4.69, 9.17) is 4.74 Å². The molecule has 35 heavy (non-hydrogen) atoms. The van der Waals surface area contributed by atoms with Crippen molar-refractivity contribution in [1.82, 2.24) is 24.4 Å². The summed E-state index contributed by atoms with van der Waals surface area (Å²) in [5, 5.41) is 4.62. The number of hydrogen-bond acceptors (Lipinski definition) is 7. The predicted octanol–water partition coefficient (Wildman–Crippen LogP) is 2.82. The van der Waals surface area contributed by atoms with E-state index in [1.807, 2.05) is 0 Å². The van der Waals surface area contributed by atoms with Gasteiger partial charge in [-0.05, 0) is 24.3 Å². The van der Waals surface area contributed by atoms with Gasteiger partial charge >= 0.3 is 0 Å². The Morgan fingerprint density at radius 3 is 2.46 bits per heavy atom. The maximum Gasteiger partial charge on any atom is 0.275 e. The van der Waals surface area contributed by atoms with Gasteiger partial charge in [-0.15, -0.1) is 0 Å². The van der Waals surface area contributed by atoms with Gasteiger partial charge in [0.25, 0.3) is 11.5 Å². The van der Waals surface area contributed by atoms with Crippen molar-refractivity contribution in [3.63, 3.8) is 0 Å². The normalized spacial score (nSPS) is 14.4. The molecule has 8 nitrogen and oxygen atoms in total. The zero-order valence-corrected chi connectivity index (χ0v) is 19.4. The highest BCUT2D eigenvalue weighted by Crippen LogP contribution is 2.26. The molecule has 1 aliphatic heterocycles. The summed E-state index contributed by atoms with van der Waals surface area (Å²) in [5.74, 6) is -1.08. The molecule has 5 rings (SSSR count). The molecule has 0 unspecified atom stereocenters. The van der Waals surface area contributed by atoms with E-state index in [0.29, 0.717) is 53.9 Å². The number of para-hydroxylation sites is 1. The van der Waals surface area contributed by atoms with Crippen molar-refractivity contribution in [2.24, 2.45) is 0 Å². The molecule has 0 atom stereocenters. The smallest absolute Gasteiger partial charge is 0.275 e. The average molecular weight is 498 g/mol. The van der Waals surface area contributed by atoms with Crippen molar-refractivity contribution < 1.29 is 18.3 Å². The fourth-order valence-corrected chi connectivity index (χ4v) is 4.81. The van der Waals surface area contributed by atoms with E-state index in [0.717, 1.165) is 11.3 Å². The van der Waals surface area contributed by atoms with E-state index in [9.17, 15) is 18.4 Å². The number of ether oxygens (including phenoxy) is 1. The van der Waals surface area contributed by atoms with Gasteiger partial charge in [0.05, 0.1) is 5.69 Å². The van der Waals surface area contributed by atoms with Gasteiger partial charge in [0.15, 0.2) is 23.2 Å². The van der Waals surface area contributed by atoms with Crippen LogP contribution in [0.3, 0.4) is 0 Å². The fraction of sp³-hybridized carbons (Fsp3) is 0.250. The quantitative estimate of drug-likeness (QED) is 0.408. The maximum absolute atomic E-state index is 14.1. The Bertz CT molecular complexity index is 1430. The molecule has 3 heterocycles. The van der Waals surface area contributed by atoms with Crippen molar-refractivity contribution in [1.29, 1.82) is 0 Å². The third-order valence-electron chi connectivity index (χ3n) is 5.70. The number of fused-ring (bicyclic) bond motifs is 1. The fourth-order valence-electron chi connectivity index (χ4n) is 3.86. The van der Waals surface area contributed by atoms with Crippen LogP contribution in [0, 0.1) is 11.6 Å². The molecule has 1 aliphatic rings. The third kappa shape index (κ3) is 5.05. The van der Waals surface area contributed by atoms with E-state index in [1.54, 1.807) is 35.2 Å². The van der Waals surface area contributed by atoms with Gasteiger partial charge in [-0.25, -0.2) is 13.8 Å². The summed E-state index contributed by atoms with van der Waals surface area (Å²) < 4.78 is 34.3. The van der Waals surface area contributed by atoms with Gasteiger partial charge in [-0.2, -0.15) is 9.61 Å². The molecule has 2 aromatic carbocycles. The standard InChI is InChI=1S/C24H21F2N5O3S/c25-18-6-2-1-5-17(18)23-28-31-21(32)13-16(27-24(31)35-23)14-29-9-11-30(12-10-29)22(33)15-34-20-8-4-3-7-19(20)26/h1-8,13H,9-12,14-15H2. The second kappa shape index (κ2) is 9.88. The molecule has 0 spiro atoms. The van der Waals surface area contributed by atoms with Gasteiger partial charge in [0.2, 0.25) is 4.96 Å². The molecule has 0 N–H and O–H groups in total. The monoisotopic (exact) mass is 497 g/mol. The van der Waals surface area contributed by atoms with Crippen LogP contribution in [0.2, 0.25) is 0 Å². The molecule has 4 aromatic rings. The summed E-state index contributed by atoms with van der Waals surface area (Å²) in [4.78, 5) is 33.8. The number of rotatable bonds is 6. The van der Waals surface area contributed by atoms with Gasteiger partial charge < -0.3 is 9.64 Å². The second-order valence-corrected chi connectivity index (χ2v) is 9.00. The highest BCUT2D eigenvalue weighted by Gasteiger charge is 2.23. The molecule has 1 fully saturated rings. The number of halogens is 2. The lowest BCUT2D eigenvalue weighted by atomic mass is 10.2. The van der Waals surface area contributed by atoms with Crippen molar-refractivity contribution >= 4 is 22.2 Å². The zero-order chi connectivity index (χ0) is 24.4. The number of aromatic nitrogens is 3. The highest BCUT2D eigenvalue weighted by molar-refractivity contribution is 7.19. The van der Waals surface area contributed by atoms with E-state index in [1.165, 1.54) is 28.8 Å². The SMILES string of the molecule is O=C(COc1ccccc1F)N1CCN(Cc2cc(=O)n3nc(-c4ccccc4F)sc3n2)CC1. The summed E-state index contributed by atoms with van der Waals surface area (Å²) in [6.45, 7) is 2.36. The first-order valence-corrected chi connectivity index (χ1v) is 11.8. The molecule has 1 amide bonds. The Labute approximate surface area is 203 Å². The molecule has 180 valence electrons. The highest BCUT2D eigenvalue weighted by atomic mass is 32.1. The van der Waals surface area contributed by atoms with Gasteiger partial charge in [0, 0.05) is 44.4 Å². The lowest BCUT2D eigenvalue weighted by Crippen LogP contribution is -2.49. The number of benzene rings is 2. The average Bonchev–Trinajstić information content (AvgIpc) is 3.29. The van der Waals surface area contributed by atoms with Crippen LogP contribution in [0.4, 0.5) is 8.78 Å². The summed E-state index contributed by atoms with van der Waals surface area (Å²) >= 11 is 1.15. The predicted molar refractivity (Wildman–Crippen MR) is 126 cm³/mol. The van der Waals surface area contributed by atoms with Crippen molar-refractivity contribution in [3.8, 4) is 16.3 Å². The second-order valence-electron chi connectivity index (χ2n) is 8.04. The van der Waals surface area contributed by atoms with Crippen molar-refractivity contribution in [2.45, 2.75) is 6.54 Å². The maximum atomic E-state index is 14.1. The molecule has 1 saturated heterocycles. The van der Waals surface area contributed by atoms with Crippen LogP contribution in [-0.2, 0) is 11.3 Å². The van der Waals surface area contributed by atoms with Crippen LogP contribution >= 0.6 is 11.3 Å². The number of carbonyl (C=O) groups excluding carboxylic acids is 1. The molecule has 2 aromatic heterocycles. The van der Waals surface area contributed by atoms with Crippen molar-refractivity contribution in [3.05, 3.63) is 82.3 Å². The topological polar surface area (TPSA) is 80.0 Å². The number of piperazine rings is 1. The summed E-state index contributed by atoms with van der Waals surface area (Å²) in [6, 6.07) is 13.7. The van der Waals surface area contributed by atoms with Gasteiger partial charge in [-0.3, -0.25) is 14.5 Å². The number of carbonyl (C=O) groups is 1. The lowest BCUT2D eigenvalue weighted by Gasteiger charge is -2.34. The number of hydrogen-bond donors (Lipinski definition) is 0. The Morgan fingerprint density at radius 2 is 1.71 bits per heavy atom. The van der Waals surface area contributed by atoms with Crippen LogP contribution in [0.15, 0.2) is 59.4 Å². The molecular formula is C24H21F2N5O3S. The van der Waals surface area contributed by atoms with Crippen LogP contribution in [0.1, 0.15) is 5.69 Å². The van der Waals surface area contributed by atoms with Crippen LogP contribution in [-0.4, -0.2) is 63.1 Å². The Balaban J connectivity index is 1.20. The lowest BCUT2D eigenvalue weighted by molar-refractivity contribution is -0.135. The van der Waals surface area contributed by atoms with Crippen LogP contribution < -0.4 is 10.3 Å². The number of nitrogens with zero attached hydrogens (tertiary/aromatic N) is 5. The molecular weight excluding hydrogens is 476 g/mol. The van der Waals surface area contributed by atoms with E-state index in [-0.39, 0.29) is 23.8 Å². The largest absolute Gasteiger partial charge is 0.481 e. The first kappa shape index (κ1) is 23.1. The van der Waals surface area contributed by atoms with E-state index >= 15 is 0 Å². The Morgan fingerprint density at radius 1 is 1.00 bits per heavy atom. The summed E-state index contributed by atoms with van der Waals surface area (Å²) in [6.07, 6.45) is 0. The minimum Gasteiger partial charge on any atom is -0.481 e. The molecule has 0 bridgehead atoms. The van der Waals surface area contributed by atoms with Gasteiger partial charge in [-0.1, -0.05) is 35.6 Å². The summed E-state index contributed by atoms with van der Waals surface area (Å²) in [5.41, 5.74) is 0.577. The van der Waals surface area contributed by atoms with E-state index in [2.05, 4.69) is 15.0 Å². The molecule has 11 heteroatoms. The number of amides is 1. The first-order chi connectivity index (χ1) is 17.0. The molecule has 0 radical (unpaired) electrons. The minimum absolute atomic E-state index is 0.0495. The van der Waals surface area contributed by atoms with Crippen LogP contribution in [0.25, 0.3) is 15.5 Å². The minimum atomic E-state index is -0.507. The van der Waals surface area contributed by atoms with E-state index < -0.39 is 11.6 Å². The first-order valence-electron chi connectivity index (χ1n) is 11.0. The Kier molecular flexibility index (Phi) is 6.51. The van der Waals surface area contributed by atoms with Crippen LogP contribution in [0.5, 0.6) is 5.75 Å².